The third-order valence-corrected chi connectivity index (χ3v) is 1.08. The first kappa shape index (κ1) is 9.39. The molecule has 3 N–H and O–H groups in total. The number of hydrogen-bond acceptors (Lipinski definition) is 3. The smallest absolute Gasteiger partial charge is 0.308 e. The zero-order valence-corrected chi connectivity index (χ0v) is 5.87. The molecule has 0 aliphatic carbocycles. The highest BCUT2D eigenvalue weighted by Gasteiger charge is 2.24. The summed E-state index contributed by atoms with van der Waals surface area (Å²) in [5, 5.41) is 25.9. The number of hydrogen-bond donors (Lipinski definition) is 3. The molecule has 0 atom stereocenters. The molecule has 0 fully saturated rings. The van der Waals surface area contributed by atoms with Crippen LogP contribution in [0.15, 0.2) is 0 Å². The highest BCUT2D eigenvalue weighted by atomic mass is 16.5. The Kier molecular flexibility index (Phi) is 3.32. The molecule has 0 spiro atoms. The van der Waals surface area contributed by atoms with Gasteiger partial charge in [-0.05, 0) is 0 Å². The number of carboxylic acid groups (broad SMARTS) is 1. The number of carbonyl (C=O) groups is 1. The summed E-state index contributed by atoms with van der Waals surface area (Å²) in [5.41, 5.74) is 0. The van der Waals surface area contributed by atoms with Gasteiger partial charge in [-0.2, -0.15) is 0 Å². The van der Waals surface area contributed by atoms with Crippen molar-refractivity contribution in [2.75, 3.05) is 0 Å². The Morgan fingerprint density at radius 3 is 2.30 bits per heavy atom. The van der Waals surface area contributed by atoms with Gasteiger partial charge >= 0.3 is 5.97 Å². The molecule has 0 aliphatic rings. The molecule has 0 aliphatic heterocycles. The van der Waals surface area contributed by atoms with Crippen molar-refractivity contribution >= 4 is 5.97 Å². The lowest BCUT2D eigenvalue weighted by molar-refractivity contribution is -0.184. The topological polar surface area (TPSA) is 77.8 Å². The zero-order chi connectivity index (χ0) is 8.20. The lowest BCUT2D eigenvalue weighted by Crippen LogP contribution is -2.30. The fourth-order valence-corrected chi connectivity index (χ4v) is 0.731. The standard InChI is InChI=1S/C6H12O4/c1-2-3-6(9,10)4-5(7)8/h9-10H,2-4H2,1H3,(H,7,8). The molecule has 0 rings (SSSR count). The Morgan fingerprint density at radius 2 is 2.00 bits per heavy atom. The number of carboxylic acids is 1. The van der Waals surface area contributed by atoms with Gasteiger partial charge in [0, 0.05) is 6.42 Å². The first-order valence-electron chi connectivity index (χ1n) is 3.14. The van der Waals surface area contributed by atoms with Gasteiger partial charge in [0.25, 0.3) is 0 Å². The van der Waals surface area contributed by atoms with Crippen LogP contribution in [-0.2, 0) is 4.79 Å². The number of aliphatic hydroxyl groups is 2. The summed E-state index contributed by atoms with van der Waals surface area (Å²) in [7, 11) is 0. The second-order valence-corrected chi connectivity index (χ2v) is 2.30. The average molecular weight is 148 g/mol. The summed E-state index contributed by atoms with van der Waals surface area (Å²) in [6.07, 6.45) is 0.0421. The molecule has 0 saturated carbocycles. The minimum atomic E-state index is -2.03. The molecule has 0 radical (unpaired) electrons. The summed E-state index contributed by atoms with van der Waals surface area (Å²) < 4.78 is 0. The van der Waals surface area contributed by atoms with Gasteiger partial charge in [-0.3, -0.25) is 4.79 Å². The fraction of sp³-hybridized carbons (Fsp3) is 0.833. The lowest BCUT2D eigenvalue weighted by Gasteiger charge is -2.17. The molecule has 10 heavy (non-hydrogen) atoms. The maximum atomic E-state index is 9.97. The van der Waals surface area contributed by atoms with Crippen molar-refractivity contribution in [1.29, 1.82) is 0 Å². The van der Waals surface area contributed by atoms with E-state index in [-0.39, 0.29) is 6.42 Å². The van der Waals surface area contributed by atoms with Gasteiger partial charge in [0.1, 0.15) is 0 Å². The zero-order valence-electron chi connectivity index (χ0n) is 5.87. The van der Waals surface area contributed by atoms with Gasteiger partial charge in [-0.25, -0.2) is 0 Å². The van der Waals surface area contributed by atoms with Crippen molar-refractivity contribution in [3.05, 3.63) is 0 Å². The second-order valence-electron chi connectivity index (χ2n) is 2.30. The van der Waals surface area contributed by atoms with Crippen molar-refractivity contribution in [1.82, 2.24) is 0 Å². The Hall–Kier alpha value is -0.610. The van der Waals surface area contributed by atoms with Crippen molar-refractivity contribution in [3.63, 3.8) is 0 Å². The van der Waals surface area contributed by atoms with Gasteiger partial charge in [0.2, 0.25) is 0 Å². The second kappa shape index (κ2) is 3.53. The first-order valence-corrected chi connectivity index (χ1v) is 3.14. The average Bonchev–Trinajstić information content (AvgIpc) is 1.59. The van der Waals surface area contributed by atoms with E-state index in [1.54, 1.807) is 6.92 Å². The highest BCUT2D eigenvalue weighted by Crippen LogP contribution is 2.12. The van der Waals surface area contributed by atoms with E-state index < -0.39 is 18.2 Å². The van der Waals surface area contributed by atoms with Crippen molar-refractivity contribution in [2.24, 2.45) is 0 Å². The van der Waals surface area contributed by atoms with Gasteiger partial charge in [0.15, 0.2) is 5.79 Å². The predicted molar refractivity (Wildman–Crippen MR) is 34.3 cm³/mol. The van der Waals surface area contributed by atoms with Crippen LogP contribution in [0.4, 0.5) is 0 Å². The van der Waals surface area contributed by atoms with Crippen LogP contribution in [0.3, 0.4) is 0 Å². The Balaban J connectivity index is 3.74. The van der Waals surface area contributed by atoms with Gasteiger partial charge < -0.3 is 15.3 Å². The van der Waals surface area contributed by atoms with E-state index in [9.17, 15) is 4.79 Å². The largest absolute Gasteiger partial charge is 0.481 e. The minimum absolute atomic E-state index is 0.0965. The molecule has 0 aromatic carbocycles. The number of rotatable bonds is 4. The Labute approximate surface area is 59.1 Å². The maximum absolute atomic E-state index is 9.97. The highest BCUT2D eigenvalue weighted by molar-refractivity contribution is 5.67. The van der Waals surface area contributed by atoms with Gasteiger partial charge in [0.05, 0.1) is 6.42 Å². The monoisotopic (exact) mass is 148 g/mol. The summed E-state index contributed by atoms with van der Waals surface area (Å²) in [5.74, 6) is -3.22. The van der Waals surface area contributed by atoms with Crippen LogP contribution in [0.2, 0.25) is 0 Å². The molecular formula is C6H12O4. The van der Waals surface area contributed by atoms with E-state index in [0.717, 1.165) is 0 Å². The molecule has 0 unspecified atom stereocenters. The van der Waals surface area contributed by atoms with Crippen LogP contribution >= 0.6 is 0 Å². The molecule has 0 aromatic rings. The van der Waals surface area contributed by atoms with Crippen molar-refractivity contribution in [2.45, 2.75) is 32.0 Å². The SMILES string of the molecule is CCCC(O)(O)CC(=O)O. The molecule has 4 heteroatoms. The molecule has 4 nitrogen and oxygen atoms in total. The summed E-state index contributed by atoms with van der Waals surface area (Å²) in [6, 6.07) is 0. The van der Waals surface area contributed by atoms with E-state index in [0.29, 0.717) is 6.42 Å². The summed E-state index contributed by atoms with van der Waals surface area (Å²) in [6.45, 7) is 1.75. The molecule has 0 amide bonds. The first-order chi connectivity index (χ1) is 4.48. The van der Waals surface area contributed by atoms with E-state index in [2.05, 4.69) is 0 Å². The van der Waals surface area contributed by atoms with Gasteiger partial charge in [-0.1, -0.05) is 13.3 Å². The Morgan fingerprint density at radius 1 is 1.50 bits per heavy atom. The van der Waals surface area contributed by atoms with Crippen LogP contribution in [0.5, 0.6) is 0 Å². The van der Waals surface area contributed by atoms with Crippen LogP contribution < -0.4 is 0 Å². The summed E-state index contributed by atoms with van der Waals surface area (Å²) in [4.78, 5) is 9.97. The lowest BCUT2D eigenvalue weighted by atomic mass is 10.1. The van der Waals surface area contributed by atoms with Crippen LogP contribution in [0.1, 0.15) is 26.2 Å². The predicted octanol–water partition coefficient (Wildman–Crippen LogP) is -0.0579. The number of aliphatic carboxylic acids is 1. The van der Waals surface area contributed by atoms with E-state index >= 15 is 0 Å². The van der Waals surface area contributed by atoms with Crippen molar-refractivity contribution in [3.8, 4) is 0 Å². The van der Waals surface area contributed by atoms with Crippen LogP contribution in [0.25, 0.3) is 0 Å². The molecule has 60 valence electrons. The molecule has 0 heterocycles. The molecule has 0 saturated heterocycles. The van der Waals surface area contributed by atoms with Gasteiger partial charge in [-0.15, -0.1) is 0 Å². The maximum Gasteiger partial charge on any atom is 0.308 e. The minimum Gasteiger partial charge on any atom is -0.481 e. The van der Waals surface area contributed by atoms with Crippen LogP contribution in [0, 0.1) is 0 Å². The molecule has 0 bridgehead atoms. The third kappa shape index (κ3) is 4.29. The third-order valence-electron chi connectivity index (χ3n) is 1.08. The van der Waals surface area contributed by atoms with E-state index in [4.69, 9.17) is 15.3 Å². The molecule has 0 aromatic heterocycles. The van der Waals surface area contributed by atoms with Crippen molar-refractivity contribution < 1.29 is 20.1 Å². The normalized spacial score (nSPS) is 11.5. The summed E-state index contributed by atoms with van der Waals surface area (Å²) >= 11 is 0. The molecular weight excluding hydrogens is 136 g/mol. The van der Waals surface area contributed by atoms with E-state index in [1.807, 2.05) is 0 Å². The fourth-order valence-electron chi connectivity index (χ4n) is 0.731. The quantitative estimate of drug-likeness (QED) is 0.488. The van der Waals surface area contributed by atoms with Crippen LogP contribution in [-0.4, -0.2) is 27.1 Å². The van der Waals surface area contributed by atoms with E-state index in [1.165, 1.54) is 0 Å². The Bertz CT molecular complexity index is 119.